The maximum Gasteiger partial charge on any atom is 0.262 e. The maximum absolute atomic E-state index is 11.8. The minimum Gasteiger partial charge on any atom is -0.484 e. The van der Waals surface area contributed by atoms with Crippen LogP contribution in [0.25, 0.3) is 0 Å². The second-order valence-corrected chi connectivity index (χ2v) is 4.80. The van der Waals surface area contributed by atoms with Crippen molar-refractivity contribution in [3.8, 4) is 5.75 Å². The summed E-state index contributed by atoms with van der Waals surface area (Å²) in [4.78, 5) is 11.8. The van der Waals surface area contributed by atoms with Gasteiger partial charge in [0.1, 0.15) is 5.75 Å². The van der Waals surface area contributed by atoms with Crippen LogP contribution in [0, 0.1) is 6.92 Å². The number of rotatable bonds is 4. The Balaban J connectivity index is 1.92. The highest BCUT2D eigenvalue weighted by atomic mass is 35.5. The van der Waals surface area contributed by atoms with E-state index in [4.69, 9.17) is 22.1 Å². The molecule has 0 atom stereocenters. The number of nitrogens with one attached hydrogen (secondary N) is 1. The Morgan fingerprint density at radius 1 is 1.25 bits per heavy atom. The number of halogens is 1. The summed E-state index contributed by atoms with van der Waals surface area (Å²) < 4.78 is 5.36. The fourth-order valence-electron chi connectivity index (χ4n) is 1.63. The van der Waals surface area contributed by atoms with Crippen molar-refractivity contribution in [1.29, 1.82) is 0 Å². The summed E-state index contributed by atoms with van der Waals surface area (Å²) >= 11 is 5.89. The second-order valence-electron chi connectivity index (χ2n) is 4.37. The molecule has 0 heterocycles. The van der Waals surface area contributed by atoms with Crippen molar-refractivity contribution in [2.45, 2.75) is 6.92 Å². The van der Waals surface area contributed by atoms with E-state index in [9.17, 15) is 4.79 Å². The van der Waals surface area contributed by atoms with Gasteiger partial charge in [0.05, 0.1) is 0 Å². The van der Waals surface area contributed by atoms with E-state index in [0.717, 1.165) is 5.56 Å². The van der Waals surface area contributed by atoms with Crippen LogP contribution in [-0.2, 0) is 4.79 Å². The summed E-state index contributed by atoms with van der Waals surface area (Å²) in [7, 11) is 0. The van der Waals surface area contributed by atoms with E-state index in [1.165, 1.54) is 0 Å². The molecular formula is C15H15ClN2O2. The third kappa shape index (κ3) is 3.90. The standard InChI is InChI=1S/C15H15ClN2O2/c1-10-2-3-11(16)8-14(10)18-15(19)9-20-13-6-4-12(17)5-7-13/h2-8H,9,17H2,1H3,(H,18,19). The van der Waals surface area contributed by atoms with Gasteiger partial charge in [0.25, 0.3) is 5.91 Å². The smallest absolute Gasteiger partial charge is 0.262 e. The van der Waals surface area contributed by atoms with Crippen LogP contribution >= 0.6 is 11.6 Å². The molecule has 0 saturated carbocycles. The van der Waals surface area contributed by atoms with E-state index in [1.807, 2.05) is 13.0 Å². The highest BCUT2D eigenvalue weighted by molar-refractivity contribution is 6.31. The van der Waals surface area contributed by atoms with E-state index < -0.39 is 0 Å². The van der Waals surface area contributed by atoms with Gasteiger partial charge in [0.15, 0.2) is 6.61 Å². The number of ether oxygens (including phenoxy) is 1. The predicted molar refractivity (Wildman–Crippen MR) is 81.2 cm³/mol. The molecule has 0 aromatic heterocycles. The first-order valence-electron chi connectivity index (χ1n) is 6.09. The lowest BCUT2D eigenvalue weighted by Gasteiger charge is -2.10. The lowest BCUT2D eigenvalue weighted by molar-refractivity contribution is -0.118. The van der Waals surface area contributed by atoms with Crippen molar-refractivity contribution in [3.63, 3.8) is 0 Å². The van der Waals surface area contributed by atoms with Crippen molar-refractivity contribution in [2.75, 3.05) is 17.7 Å². The molecule has 0 aliphatic heterocycles. The number of hydrogen-bond acceptors (Lipinski definition) is 3. The third-order valence-corrected chi connectivity index (χ3v) is 2.96. The van der Waals surface area contributed by atoms with Crippen LogP contribution in [0.4, 0.5) is 11.4 Å². The van der Waals surface area contributed by atoms with Gasteiger partial charge in [-0.15, -0.1) is 0 Å². The number of anilines is 2. The van der Waals surface area contributed by atoms with Gasteiger partial charge in [-0.25, -0.2) is 0 Å². The highest BCUT2D eigenvalue weighted by Gasteiger charge is 2.06. The van der Waals surface area contributed by atoms with Gasteiger partial charge >= 0.3 is 0 Å². The molecule has 0 fully saturated rings. The summed E-state index contributed by atoms with van der Waals surface area (Å²) in [5.41, 5.74) is 7.84. The van der Waals surface area contributed by atoms with E-state index in [-0.39, 0.29) is 12.5 Å². The quantitative estimate of drug-likeness (QED) is 0.850. The third-order valence-electron chi connectivity index (χ3n) is 2.72. The van der Waals surface area contributed by atoms with E-state index in [2.05, 4.69) is 5.32 Å². The molecule has 5 heteroatoms. The molecule has 20 heavy (non-hydrogen) atoms. The number of hydrogen-bond donors (Lipinski definition) is 2. The Bertz CT molecular complexity index is 612. The molecule has 4 nitrogen and oxygen atoms in total. The van der Waals surface area contributed by atoms with Gasteiger partial charge in [-0.3, -0.25) is 4.79 Å². The Labute approximate surface area is 122 Å². The van der Waals surface area contributed by atoms with Crippen LogP contribution in [0.2, 0.25) is 5.02 Å². The Morgan fingerprint density at radius 2 is 1.95 bits per heavy atom. The Morgan fingerprint density at radius 3 is 2.65 bits per heavy atom. The van der Waals surface area contributed by atoms with Crippen LogP contribution in [0.3, 0.4) is 0 Å². The summed E-state index contributed by atoms with van der Waals surface area (Å²) in [5, 5.41) is 3.33. The molecular weight excluding hydrogens is 276 g/mol. The number of aryl methyl sites for hydroxylation is 1. The van der Waals surface area contributed by atoms with Crippen molar-refractivity contribution >= 4 is 28.9 Å². The number of nitrogen functional groups attached to an aromatic ring is 1. The normalized spacial score (nSPS) is 10.1. The van der Waals surface area contributed by atoms with Crippen molar-refractivity contribution < 1.29 is 9.53 Å². The minimum absolute atomic E-state index is 0.0735. The summed E-state index contributed by atoms with van der Waals surface area (Å²) in [6, 6.07) is 12.2. The van der Waals surface area contributed by atoms with Gasteiger partial charge < -0.3 is 15.8 Å². The molecule has 2 rings (SSSR count). The predicted octanol–water partition coefficient (Wildman–Crippen LogP) is 3.25. The van der Waals surface area contributed by atoms with Crippen LogP contribution in [0.15, 0.2) is 42.5 Å². The van der Waals surface area contributed by atoms with E-state index in [1.54, 1.807) is 36.4 Å². The van der Waals surface area contributed by atoms with Crippen LogP contribution < -0.4 is 15.8 Å². The second kappa shape index (κ2) is 6.30. The SMILES string of the molecule is Cc1ccc(Cl)cc1NC(=O)COc1ccc(N)cc1. The molecule has 3 N–H and O–H groups in total. The van der Waals surface area contributed by atoms with Crippen molar-refractivity contribution in [1.82, 2.24) is 0 Å². The van der Waals surface area contributed by atoms with Crippen molar-refractivity contribution in [2.24, 2.45) is 0 Å². The van der Waals surface area contributed by atoms with Gasteiger partial charge in [-0.05, 0) is 48.9 Å². The lowest BCUT2D eigenvalue weighted by atomic mass is 10.2. The molecule has 2 aromatic carbocycles. The molecule has 0 saturated heterocycles. The van der Waals surface area contributed by atoms with Gasteiger partial charge in [0.2, 0.25) is 0 Å². The molecule has 1 amide bonds. The first-order chi connectivity index (χ1) is 9.54. The zero-order valence-corrected chi connectivity index (χ0v) is 11.8. The van der Waals surface area contributed by atoms with Gasteiger partial charge in [-0.1, -0.05) is 17.7 Å². The van der Waals surface area contributed by atoms with Crippen LogP contribution in [0.5, 0.6) is 5.75 Å². The molecule has 0 aliphatic rings. The largest absolute Gasteiger partial charge is 0.484 e. The Kier molecular flexibility index (Phi) is 4.48. The number of amides is 1. The summed E-state index contributed by atoms with van der Waals surface area (Å²) in [6.45, 7) is 1.82. The molecule has 0 aliphatic carbocycles. The molecule has 104 valence electrons. The number of carbonyl (C=O) groups excluding carboxylic acids is 1. The number of carbonyl (C=O) groups is 1. The summed E-state index contributed by atoms with van der Waals surface area (Å²) in [6.07, 6.45) is 0. The zero-order chi connectivity index (χ0) is 14.5. The van der Waals surface area contributed by atoms with Crippen molar-refractivity contribution in [3.05, 3.63) is 53.1 Å². The molecule has 0 spiro atoms. The molecule has 0 radical (unpaired) electrons. The van der Waals surface area contributed by atoms with Gasteiger partial charge in [-0.2, -0.15) is 0 Å². The summed E-state index contributed by atoms with van der Waals surface area (Å²) in [5.74, 6) is 0.351. The van der Waals surface area contributed by atoms with Gasteiger partial charge in [0, 0.05) is 16.4 Å². The van der Waals surface area contributed by atoms with E-state index >= 15 is 0 Å². The topological polar surface area (TPSA) is 64.3 Å². The number of benzene rings is 2. The molecule has 2 aromatic rings. The molecule has 0 bridgehead atoms. The fraction of sp³-hybridized carbons (Fsp3) is 0.133. The number of nitrogens with two attached hydrogens (primary N) is 1. The monoisotopic (exact) mass is 290 g/mol. The fourth-order valence-corrected chi connectivity index (χ4v) is 1.80. The molecule has 0 unspecified atom stereocenters. The zero-order valence-electron chi connectivity index (χ0n) is 11.0. The Hall–Kier alpha value is -2.20. The highest BCUT2D eigenvalue weighted by Crippen LogP contribution is 2.20. The average Bonchev–Trinajstić information content (AvgIpc) is 2.42. The minimum atomic E-state index is -0.243. The maximum atomic E-state index is 11.8. The van der Waals surface area contributed by atoms with E-state index in [0.29, 0.717) is 22.1 Å². The first-order valence-corrected chi connectivity index (χ1v) is 6.47. The van der Waals surface area contributed by atoms with Crippen LogP contribution in [-0.4, -0.2) is 12.5 Å². The lowest BCUT2D eigenvalue weighted by Crippen LogP contribution is -2.20. The average molecular weight is 291 g/mol. The first kappa shape index (κ1) is 14.2. The van der Waals surface area contributed by atoms with Crippen LogP contribution in [0.1, 0.15) is 5.56 Å².